The minimum Gasteiger partial charge on any atom is -0.394 e. The van der Waals surface area contributed by atoms with Crippen molar-refractivity contribution in [2.75, 3.05) is 19.7 Å². The number of hydrogen-bond donors (Lipinski definition) is 10. The van der Waals surface area contributed by atoms with Crippen LogP contribution in [0, 0.1) is 0 Å². The number of rotatable bonds is 10. The van der Waals surface area contributed by atoms with Gasteiger partial charge in [-0.3, -0.25) is 4.79 Å². The standard InChI is InChI=1S/C22H43ClN6O9/c23-14-18(37-21-9(26)2-1-8(6-25)35-21)10(27)5-11(29-20(34)12(31)3-4-24)19(14)38-22-17(33)15(28)16(32)13(7-30)36-22/h8-19,21-22,30-33H,1-7,24-28H2,(H,29,34)/t8?,9?,10-,11+,12-,13?,14?,15-,16-,17?,18?,19+,21-,22-/m0/s1. The molecule has 3 rings (SSSR count). The maximum Gasteiger partial charge on any atom is 0.249 e. The second-order valence-electron chi connectivity index (χ2n) is 10.1. The van der Waals surface area contributed by atoms with Crippen LogP contribution in [0.5, 0.6) is 0 Å². The molecule has 14 atom stereocenters. The topological polar surface area (TPSA) is 277 Å². The highest BCUT2D eigenvalue weighted by molar-refractivity contribution is 6.21. The van der Waals surface area contributed by atoms with E-state index >= 15 is 0 Å². The quantitative estimate of drug-likeness (QED) is 0.110. The molecule has 0 bridgehead atoms. The second-order valence-corrected chi connectivity index (χ2v) is 10.6. The molecule has 0 aromatic heterocycles. The average molecular weight is 571 g/mol. The van der Waals surface area contributed by atoms with Crippen LogP contribution in [-0.4, -0.2) is 131 Å². The van der Waals surface area contributed by atoms with Gasteiger partial charge < -0.3 is 73.4 Å². The molecule has 15 nitrogen and oxygen atoms in total. The Bertz CT molecular complexity index is 760. The highest BCUT2D eigenvalue weighted by atomic mass is 35.5. The first kappa shape index (κ1) is 31.8. The number of ether oxygens (including phenoxy) is 4. The first-order valence-electron chi connectivity index (χ1n) is 12.9. The van der Waals surface area contributed by atoms with Gasteiger partial charge in [-0.25, -0.2) is 0 Å². The Hall–Kier alpha value is -0.760. The Kier molecular flexibility index (Phi) is 11.9. The number of halogens is 1. The fourth-order valence-electron chi connectivity index (χ4n) is 4.98. The summed E-state index contributed by atoms with van der Waals surface area (Å²) in [6.45, 7) is -0.214. The smallest absolute Gasteiger partial charge is 0.249 e. The van der Waals surface area contributed by atoms with E-state index in [1.54, 1.807) is 0 Å². The van der Waals surface area contributed by atoms with Crippen molar-refractivity contribution in [1.82, 2.24) is 5.32 Å². The minimum absolute atomic E-state index is 0.0285. The van der Waals surface area contributed by atoms with E-state index in [0.29, 0.717) is 12.8 Å². The summed E-state index contributed by atoms with van der Waals surface area (Å²) >= 11 is 6.85. The number of hydrogen-bond acceptors (Lipinski definition) is 14. The first-order valence-corrected chi connectivity index (χ1v) is 13.3. The highest BCUT2D eigenvalue weighted by Crippen LogP contribution is 2.34. The molecular formula is C22H43ClN6O9. The molecule has 1 saturated carbocycles. The first-order chi connectivity index (χ1) is 18.0. The summed E-state index contributed by atoms with van der Waals surface area (Å²) < 4.78 is 23.6. The van der Waals surface area contributed by atoms with Crippen molar-refractivity contribution in [1.29, 1.82) is 0 Å². The second kappa shape index (κ2) is 14.2. The van der Waals surface area contributed by atoms with Gasteiger partial charge in [0, 0.05) is 12.6 Å². The van der Waals surface area contributed by atoms with E-state index in [9.17, 15) is 25.2 Å². The zero-order chi connectivity index (χ0) is 28.1. The van der Waals surface area contributed by atoms with Gasteiger partial charge in [-0.05, 0) is 32.2 Å². The van der Waals surface area contributed by atoms with E-state index in [0.717, 1.165) is 0 Å². The number of alkyl halides is 1. The molecule has 0 spiro atoms. The maximum atomic E-state index is 12.6. The van der Waals surface area contributed by atoms with E-state index in [-0.39, 0.29) is 32.0 Å². The summed E-state index contributed by atoms with van der Waals surface area (Å²) in [5, 5.41) is 42.1. The fourth-order valence-corrected chi connectivity index (χ4v) is 5.46. The van der Waals surface area contributed by atoms with E-state index in [4.69, 9.17) is 59.2 Å². The largest absolute Gasteiger partial charge is 0.394 e. The van der Waals surface area contributed by atoms with Gasteiger partial charge in [0.25, 0.3) is 0 Å². The summed E-state index contributed by atoms with van der Waals surface area (Å²) in [7, 11) is 0. The number of aliphatic hydroxyl groups is 4. The monoisotopic (exact) mass is 570 g/mol. The van der Waals surface area contributed by atoms with Crippen molar-refractivity contribution in [2.24, 2.45) is 28.7 Å². The SMILES string of the molecule is NCC[C@H](O)C(=O)N[C@@H]1C[C@H](N)C(O[C@@H]2OC(CN)CCC2N)C(Cl)[C@@H]1O[C@@H]1OC(CO)[C@H](O)[C@H](N)C1O. The number of aliphatic hydroxyl groups excluding tert-OH is 4. The average Bonchev–Trinajstić information content (AvgIpc) is 2.89. The number of carbonyl (C=O) groups is 1. The lowest BCUT2D eigenvalue weighted by Gasteiger charge is -2.48. The van der Waals surface area contributed by atoms with E-state index < -0.39 is 91.3 Å². The molecule has 38 heavy (non-hydrogen) atoms. The molecule has 2 heterocycles. The van der Waals surface area contributed by atoms with Crippen molar-refractivity contribution in [3.05, 3.63) is 0 Å². The molecule has 3 aliphatic rings. The summed E-state index contributed by atoms with van der Waals surface area (Å²) in [6, 6.07) is -3.21. The number of nitrogens with one attached hydrogen (secondary N) is 1. The van der Waals surface area contributed by atoms with Crippen LogP contribution in [0.4, 0.5) is 0 Å². The number of carbonyl (C=O) groups excluding carboxylic acids is 1. The van der Waals surface area contributed by atoms with E-state index in [1.165, 1.54) is 0 Å². The van der Waals surface area contributed by atoms with Gasteiger partial charge in [0.15, 0.2) is 12.6 Å². The molecule has 2 saturated heterocycles. The van der Waals surface area contributed by atoms with Crippen molar-refractivity contribution in [3.63, 3.8) is 0 Å². The van der Waals surface area contributed by atoms with Crippen LogP contribution in [0.2, 0.25) is 0 Å². The summed E-state index contributed by atoms with van der Waals surface area (Å²) in [4.78, 5) is 12.6. The lowest BCUT2D eigenvalue weighted by atomic mass is 9.85. The third kappa shape index (κ3) is 7.30. The zero-order valence-electron chi connectivity index (χ0n) is 21.1. The summed E-state index contributed by atoms with van der Waals surface area (Å²) in [6.07, 6.45) is -8.39. The van der Waals surface area contributed by atoms with Crippen molar-refractivity contribution < 1.29 is 44.2 Å². The molecule has 1 aliphatic carbocycles. The lowest BCUT2D eigenvalue weighted by Crippen LogP contribution is -2.68. The molecule has 1 amide bonds. The maximum absolute atomic E-state index is 12.6. The predicted octanol–water partition coefficient (Wildman–Crippen LogP) is -5.15. The van der Waals surface area contributed by atoms with Crippen molar-refractivity contribution in [2.45, 2.75) is 111 Å². The fraction of sp³-hybridized carbons (Fsp3) is 0.955. The van der Waals surface area contributed by atoms with Crippen LogP contribution < -0.4 is 34.0 Å². The molecule has 2 aliphatic heterocycles. The van der Waals surface area contributed by atoms with Crippen molar-refractivity contribution >= 4 is 17.5 Å². The summed E-state index contributed by atoms with van der Waals surface area (Å²) in [5.74, 6) is -0.710. The summed E-state index contributed by atoms with van der Waals surface area (Å²) in [5.41, 5.74) is 29.7. The van der Waals surface area contributed by atoms with Gasteiger partial charge in [-0.15, -0.1) is 11.6 Å². The molecule has 0 radical (unpaired) electrons. The third-order valence-corrected chi connectivity index (χ3v) is 7.82. The van der Waals surface area contributed by atoms with Crippen LogP contribution in [-0.2, 0) is 23.7 Å². The molecular weight excluding hydrogens is 528 g/mol. The van der Waals surface area contributed by atoms with Crippen LogP contribution in [0.1, 0.15) is 25.7 Å². The Balaban J connectivity index is 1.82. The number of amides is 1. The zero-order valence-corrected chi connectivity index (χ0v) is 21.9. The lowest BCUT2D eigenvalue weighted by molar-refractivity contribution is -0.298. The van der Waals surface area contributed by atoms with E-state index in [2.05, 4.69) is 5.32 Å². The van der Waals surface area contributed by atoms with Crippen molar-refractivity contribution in [3.8, 4) is 0 Å². The van der Waals surface area contributed by atoms with Gasteiger partial charge in [0.05, 0.1) is 48.4 Å². The molecule has 16 heteroatoms. The van der Waals surface area contributed by atoms with Crippen LogP contribution >= 0.6 is 11.6 Å². The van der Waals surface area contributed by atoms with Gasteiger partial charge in [0.1, 0.15) is 24.4 Å². The van der Waals surface area contributed by atoms with Gasteiger partial charge in [0.2, 0.25) is 5.91 Å². The van der Waals surface area contributed by atoms with Gasteiger partial charge >= 0.3 is 0 Å². The molecule has 3 fully saturated rings. The Morgan fingerprint density at radius 3 is 2.34 bits per heavy atom. The molecule has 222 valence electrons. The predicted molar refractivity (Wildman–Crippen MR) is 134 cm³/mol. The Labute approximate surface area is 226 Å². The molecule has 0 aromatic rings. The van der Waals surface area contributed by atoms with Crippen LogP contribution in [0.25, 0.3) is 0 Å². The minimum atomic E-state index is -1.49. The van der Waals surface area contributed by atoms with Crippen LogP contribution in [0.3, 0.4) is 0 Å². The molecule has 6 unspecified atom stereocenters. The van der Waals surface area contributed by atoms with Crippen LogP contribution in [0.15, 0.2) is 0 Å². The van der Waals surface area contributed by atoms with E-state index in [1.807, 2.05) is 0 Å². The third-order valence-electron chi connectivity index (χ3n) is 7.32. The molecule has 0 aromatic carbocycles. The Morgan fingerprint density at radius 2 is 1.71 bits per heavy atom. The highest BCUT2D eigenvalue weighted by Gasteiger charge is 2.51. The normalized spacial score (nSPS) is 44.9. The van der Waals surface area contributed by atoms with Gasteiger partial charge in [-0.1, -0.05) is 0 Å². The van der Waals surface area contributed by atoms with Gasteiger partial charge in [-0.2, -0.15) is 0 Å². The Morgan fingerprint density at radius 1 is 1.03 bits per heavy atom. The number of nitrogens with two attached hydrogens (primary N) is 5. The molecule has 15 N–H and O–H groups in total.